The van der Waals surface area contributed by atoms with Crippen molar-refractivity contribution in [1.82, 2.24) is 9.97 Å². The maximum Gasteiger partial charge on any atom is 0.323 e. The van der Waals surface area contributed by atoms with Crippen LogP contribution in [-0.2, 0) is 0 Å². The third-order valence-corrected chi connectivity index (χ3v) is 4.30. The quantitative estimate of drug-likeness (QED) is 0.477. The lowest BCUT2D eigenvalue weighted by molar-refractivity contribution is 0.0996. The molecule has 1 amide bonds. The predicted molar refractivity (Wildman–Crippen MR) is 103 cm³/mol. The van der Waals surface area contributed by atoms with E-state index in [-0.39, 0.29) is 28.2 Å². The van der Waals surface area contributed by atoms with Gasteiger partial charge in [-0.15, -0.1) is 0 Å². The second-order valence-corrected chi connectivity index (χ2v) is 6.18. The Kier molecular flexibility index (Phi) is 4.33. The van der Waals surface area contributed by atoms with Gasteiger partial charge in [-0.05, 0) is 48.5 Å². The molecule has 0 bridgehead atoms. The van der Waals surface area contributed by atoms with Crippen molar-refractivity contribution >= 4 is 28.4 Å². The minimum absolute atomic E-state index is 0.194. The molecule has 6 nitrogen and oxygen atoms in total. The van der Waals surface area contributed by atoms with Gasteiger partial charge in [0.15, 0.2) is 5.78 Å². The number of aromatic nitrogens is 2. The van der Waals surface area contributed by atoms with Crippen molar-refractivity contribution in [2.75, 3.05) is 5.32 Å². The first kappa shape index (κ1) is 17.4. The number of benzene rings is 3. The van der Waals surface area contributed by atoms with Crippen molar-refractivity contribution in [2.24, 2.45) is 0 Å². The summed E-state index contributed by atoms with van der Waals surface area (Å²) in [5.74, 6) is -1.29. The van der Waals surface area contributed by atoms with Crippen LogP contribution < -0.4 is 11.0 Å². The first-order chi connectivity index (χ1) is 13.5. The number of H-pyrrole nitrogens is 2. The van der Waals surface area contributed by atoms with Crippen molar-refractivity contribution in [3.8, 4) is 0 Å². The number of hydrogen-bond acceptors (Lipinski definition) is 3. The zero-order valence-corrected chi connectivity index (χ0v) is 14.5. The van der Waals surface area contributed by atoms with Gasteiger partial charge in [0.25, 0.3) is 5.91 Å². The van der Waals surface area contributed by atoms with Gasteiger partial charge in [-0.1, -0.05) is 18.2 Å². The molecule has 0 radical (unpaired) electrons. The molecule has 3 N–H and O–H groups in total. The summed E-state index contributed by atoms with van der Waals surface area (Å²) in [6, 6.07) is 16.5. The summed E-state index contributed by atoms with van der Waals surface area (Å²) in [4.78, 5) is 42.1. The molecule has 0 aliphatic heterocycles. The molecule has 4 rings (SSSR count). The third-order valence-electron chi connectivity index (χ3n) is 4.30. The van der Waals surface area contributed by atoms with E-state index in [1.54, 1.807) is 42.5 Å². The lowest BCUT2D eigenvalue weighted by Gasteiger charge is -2.10. The summed E-state index contributed by atoms with van der Waals surface area (Å²) in [6.07, 6.45) is 0. The molecule has 1 aromatic heterocycles. The zero-order chi connectivity index (χ0) is 19.7. The van der Waals surface area contributed by atoms with Crippen LogP contribution in [0.2, 0.25) is 0 Å². The number of imidazole rings is 1. The van der Waals surface area contributed by atoms with Gasteiger partial charge in [-0.3, -0.25) is 9.59 Å². The van der Waals surface area contributed by atoms with Crippen LogP contribution in [0.15, 0.2) is 71.5 Å². The fourth-order valence-electron chi connectivity index (χ4n) is 2.94. The van der Waals surface area contributed by atoms with Crippen LogP contribution >= 0.6 is 0 Å². The number of amides is 1. The molecule has 0 spiro atoms. The number of hydrogen-bond donors (Lipinski definition) is 3. The average molecular weight is 375 g/mol. The highest BCUT2D eigenvalue weighted by Gasteiger charge is 2.18. The van der Waals surface area contributed by atoms with Crippen LogP contribution in [0.25, 0.3) is 11.0 Å². The van der Waals surface area contributed by atoms with Crippen LogP contribution in [0, 0.1) is 5.82 Å². The highest BCUT2D eigenvalue weighted by molar-refractivity contribution is 6.17. The standard InChI is InChI=1S/C21H14FN3O3/c22-13-7-5-12(6-8-13)19(26)15-3-1-2-4-16(15)20(27)23-14-9-10-17-18(11-14)25-21(28)24-17/h1-11H,(H,23,27)(H2,24,25,28). The summed E-state index contributed by atoms with van der Waals surface area (Å²) in [7, 11) is 0. The van der Waals surface area contributed by atoms with E-state index in [0.29, 0.717) is 16.7 Å². The highest BCUT2D eigenvalue weighted by atomic mass is 19.1. The number of aromatic amines is 2. The van der Waals surface area contributed by atoms with E-state index < -0.39 is 11.7 Å². The highest BCUT2D eigenvalue weighted by Crippen LogP contribution is 2.19. The molecule has 0 fully saturated rings. The summed E-state index contributed by atoms with van der Waals surface area (Å²) in [5.41, 5.74) is 1.99. The molecular formula is C21H14FN3O3. The van der Waals surface area contributed by atoms with Crippen molar-refractivity contribution < 1.29 is 14.0 Å². The minimum atomic E-state index is -0.469. The van der Waals surface area contributed by atoms with Gasteiger partial charge in [-0.25, -0.2) is 9.18 Å². The van der Waals surface area contributed by atoms with Gasteiger partial charge in [0, 0.05) is 16.8 Å². The Morgan fingerprint density at radius 1 is 0.821 bits per heavy atom. The predicted octanol–water partition coefficient (Wildman–Crippen LogP) is 3.48. The van der Waals surface area contributed by atoms with Crippen molar-refractivity contribution in [3.05, 3.63) is 99.7 Å². The summed E-state index contributed by atoms with van der Waals surface area (Å²) < 4.78 is 13.1. The average Bonchev–Trinajstić information content (AvgIpc) is 3.07. The van der Waals surface area contributed by atoms with Crippen molar-refractivity contribution in [2.45, 2.75) is 0 Å². The van der Waals surface area contributed by atoms with Gasteiger partial charge >= 0.3 is 5.69 Å². The third kappa shape index (κ3) is 3.33. The molecule has 1 heterocycles. The maximum absolute atomic E-state index is 13.1. The van der Waals surface area contributed by atoms with Gasteiger partial charge in [0.1, 0.15) is 5.82 Å². The van der Waals surface area contributed by atoms with Crippen molar-refractivity contribution in [1.29, 1.82) is 0 Å². The monoisotopic (exact) mass is 375 g/mol. The van der Waals surface area contributed by atoms with E-state index in [4.69, 9.17) is 0 Å². The maximum atomic E-state index is 13.1. The Bertz CT molecular complexity index is 1260. The number of nitrogens with one attached hydrogen (secondary N) is 3. The van der Waals surface area contributed by atoms with E-state index >= 15 is 0 Å². The number of halogens is 1. The molecule has 3 aromatic carbocycles. The number of carbonyl (C=O) groups excluding carboxylic acids is 2. The molecule has 0 atom stereocenters. The Hall–Kier alpha value is -4.00. The molecule has 0 aliphatic carbocycles. The fraction of sp³-hybridized carbons (Fsp3) is 0. The Balaban J connectivity index is 1.64. The Morgan fingerprint density at radius 2 is 1.50 bits per heavy atom. The smallest absolute Gasteiger partial charge is 0.322 e. The molecule has 0 unspecified atom stereocenters. The van der Waals surface area contributed by atoms with Gasteiger partial charge in [-0.2, -0.15) is 0 Å². The molecule has 28 heavy (non-hydrogen) atoms. The largest absolute Gasteiger partial charge is 0.323 e. The molecule has 138 valence electrons. The summed E-state index contributed by atoms with van der Waals surface area (Å²) in [5, 5.41) is 2.73. The van der Waals surface area contributed by atoms with Crippen LogP contribution in [0.5, 0.6) is 0 Å². The van der Waals surface area contributed by atoms with Crippen molar-refractivity contribution in [3.63, 3.8) is 0 Å². The zero-order valence-electron chi connectivity index (χ0n) is 14.5. The Morgan fingerprint density at radius 3 is 2.25 bits per heavy atom. The lowest BCUT2D eigenvalue weighted by atomic mass is 9.98. The number of anilines is 1. The van der Waals surface area contributed by atoms with E-state index in [0.717, 1.165) is 0 Å². The van der Waals surface area contributed by atoms with E-state index in [2.05, 4.69) is 15.3 Å². The molecule has 0 aliphatic rings. The normalized spacial score (nSPS) is 10.8. The number of ketones is 1. The lowest BCUT2D eigenvalue weighted by Crippen LogP contribution is -2.17. The topological polar surface area (TPSA) is 94.8 Å². The summed E-state index contributed by atoms with van der Waals surface area (Å²) in [6.45, 7) is 0. The number of rotatable bonds is 4. The molecule has 7 heteroatoms. The number of carbonyl (C=O) groups is 2. The van der Waals surface area contributed by atoms with Crippen LogP contribution in [-0.4, -0.2) is 21.7 Å². The molecule has 0 saturated carbocycles. The van der Waals surface area contributed by atoms with E-state index in [1.165, 1.54) is 24.3 Å². The SMILES string of the molecule is O=C(Nc1ccc2[nH]c(=O)[nH]c2c1)c1ccccc1C(=O)c1ccc(F)cc1. The fourth-order valence-corrected chi connectivity index (χ4v) is 2.94. The van der Waals surface area contributed by atoms with E-state index in [1.807, 2.05) is 0 Å². The first-order valence-electron chi connectivity index (χ1n) is 8.44. The van der Waals surface area contributed by atoms with Crippen LogP contribution in [0.1, 0.15) is 26.3 Å². The number of fused-ring (bicyclic) bond motifs is 1. The van der Waals surface area contributed by atoms with Crippen LogP contribution in [0.3, 0.4) is 0 Å². The first-order valence-corrected chi connectivity index (χ1v) is 8.44. The van der Waals surface area contributed by atoms with E-state index in [9.17, 15) is 18.8 Å². The second-order valence-electron chi connectivity index (χ2n) is 6.18. The van der Waals surface area contributed by atoms with Gasteiger partial charge in [0.05, 0.1) is 16.6 Å². The minimum Gasteiger partial charge on any atom is -0.322 e. The van der Waals surface area contributed by atoms with Gasteiger partial charge in [0.2, 0.25) is 0 Å². The summed E-state index contributed by atoms with van der Waals surface area (Å²) >= 11 is 0. The second kappa shape index (κ2) is 6.96. The molecular weight excluding hydrogens is 361 g/mol. The Labute approximate surface area is 158 Å². The molecule has 0 saturated heterocycles. The van der Waals surface area contributed by atoms with Crippen LogP contribution in [0.4, 0.5) is 10.1 Å². The van der Waals surface area contributed by atoms with Gasteiger partial charge < -0.3 is 15.3 Å². The molecule has 4 aromatic rings.